The molecule has 1 aliphatic heterocycles. The number of rotatable bonds is 3. The summed E-state index contributed by atoms with van der Waals surface area (Å²) in [5.74, 6) is -0.744. The van der Waals surface area contributed by atoms with Gasteiger partial charge in [-0.3, -0.25) is 4.79 Å². The van der Waals surface area contributed by atoms with Gasteiger partial charge in [-0.05, 0) is 12.8 Å². The van der Waals surface area contributed by atoms with Gasteiger partial charge >= 0.3 is 5.97 Å². The average Bonchev–Trinajstić information content (AvgIpc) is 2.48. The summed E-state index contributed by atoms with van der Waals surface area (Å²) in [6, 6.07) is 0. The van der Waals surface area contributed by atoms with Gasteiger partial charge in [-0.1, -0.05) is 20.4 Å². The summed E-state index contributed by atoms with van der Waals surface area (Å²) in [5.41, 5.74) is 0.562. The second kappa shape index (κ2) is 4.26. The van der Waals surface area contributed by atoms with Crippen LogP contribution in [0.2, 0.25) is 0 Å². The summed E-state index contributed by atoms with van der Waals surface area (Å²) >= 11 is 0. The van der Waals surface area contributed by atoms with Crippen LogP contribution >= 0.6 is 0 Å². The van der Waals surface area contributed by atoms with Gasteiger partial charge in [0.2, 0.25) is 0 Å². The number of hydrogen-bond donors (Lipinski definition) is 0. The lowest BCUT2D eigenvalue weighted by Crippen LogP contribution is -2.29. The van der Waals surface area contributed by atoms with E-state index in [1.165, 1.54) is 0 Å². The maximum absolute atomic E-state index is 11.4. The summed E-state index contributed by atoms with van der Waals surface area (Å²) in [5, 5.41) is 1.02. The lowest BCUT2D eigenvalue weighted by molar-refractivity contribution is -0.190. The summed E-state index contributed by atoms with van der Waals surface area (Å²) < 4.78 is 0. The van der Waals surface area contributed by atoms with Crippen molar-refractivity contribution in [1.29, 1.82) is 0 Å². The van der Waals surface area contributed by atoms with Crippen molar-refractivity contribution in [3.63, 3.8) is 0 Å². The van der Waals surface area contributed by atoms with Crippen LogP contribution in [0.15, 0.2) is 12.3 Å². The molecule has 78 valence electrons. The van der Waals surface area contributed by atoms with E-state index >= 15 is 0 Å². The highest BCUT2D eigenvalue weighted by Crippen LogP contribution is 2.21. The topological polar surface area (TPSA) is 46.6 Å². The quantitative estimate of drug-likeness (QED) is 0.690. The predicted molar refractivity (Wildman–Crippen MR) is 50.8 cm³/mol. The molecule has 1 atom stereocenters. The van der Waals surface area contributed by atoms with E-state index < -0.39 is 0 Å². The predicted octanol–water partition coefficient (Wildman–Crippen LogP) is 1.63. The molecule has 0 aromatic carbocycles. The highest BCUT2D eigenvalue weighted by atomic mass is 16.7. The third-order valence-electron chi connectivity index (χ3n) is 2.34. The standard InChI is InChI=1S/C10H15NO3/c1-4-7(2)10(13)14-11-8(3)5-6-9(11)12/h7H,3-6H2,1-2H3. The first-order valence-electron chi connectivity index (χ1n) is 4.78. The van der Waals surface area contributed by atoms with E-state index in [9.17, 15) is 9.59 Å². The van der Waals surface area contributed by atoms with Gasteiger partial charge in [-0.15, -0.1) is 5.06 Å². The molecule has 4 nitrogen and oxygen atoms in total. The number of nitrogens with zero attached hydrogens (tertiary/aromatic N) is 1. The van der Waals surface area contributed by atoms with E-state index in [1.807, 2.05) is 6.92 Å². The smallest absolute Gasteiger partial charge is 0.333 e. The summed E-state index contributed by atoms with van der Waals surface area (Å²) in [4.78, 5) is 27.5. The summed E-state index contributed by atoms with van der Waals surface area (Å²) in [6.45, 7) is 7.32. The Bertz CT molecular complexity index is 257. The lowest BCUT2D eigenvalue weighted by atomic mass is 10.1. The molecule has 0 radical (unpaired) electrons. The van der Waals surface area contributed by atoms with Crippen LogP contribution in [0.5, 0.6) is 0 Å². The molecule has 1 rings (SSSR count). The van der Waals surface area contributed by atoms with E-state index in [0.717, 1.165) is 5.06 Å². The molecule has 1 saturated heterocycles. The molecular weight excluding hydrogens is 182 g/mol. The molecule has 0 aromatic rings. The molecule has 1 aliphatic rings. The zero-order valence-electron chi connectivity index (χ0n) is 8.58. The van der Waals surface area contributed by atoms with E-state index in [2.05, 4.69) is 6.58 Å². The Balaban J connectivity index is 2.55. The van der Waals surface area contributed by atoms with Crippen LogP contribution in [-0.4, -0.2) is 16.9 Å². The van der Waals surface area contributed by atoms with Crippen LogP contribution < -0.4 is 0 Å². The number of amides is 1. The van der Waals surface area contributed by atoms with Crippen molar-refractivity contribution in [3.05, 3.63) is 12.3 Å². The van der Waals surface area contributed by atoms with Crippen molar-refractivity contribution in [2.75, 3.05) is 0 Å². The molecule has 4 heteroatoms. The zero-order valence-corrected chi connectivity index (χ0v) is 8.58. The van der Waals surface area contributed by atoms with Crippen LogP contribution in [-0.2, 0) is 14.4 Å². The molecule has 0 N–H and O–H groups in total. The highest BCUT2D eigenvalue weighted by molar-refractivity contribution is 5.82. The Morgan fingerprint density at radius 1 is 1.64 bits per heavy atom. The van der Waals surface area contributed by atoms with Gasteiger partial charge in [0.15, 0.2) is 0 Å². The highest BCUT2D eigenvalue weighted by Gasteiger charge is 2.29. The minimum absolute atomic E-state index is 0.184. The lowest BCUT2D eigenvalue weighted by Gasteiger charge is -2.17. The normalized spacial score (nSPS) is 18.6. The Kier molecular flexibility index (Phi) is 3.28. The van der Waals surface area contributed by atoms with E-state index in [0.29, 0.717) is 25.0 Å². The molecule has 1 unspecified atom stereocenters. The summed E-state index contributed by atoms with van der Waals surface area (Å²) in [6.07, 6.45) is 1.66. The molecule has 0 bridgehead atoms. The third-order valence-corrected chi connectivity index (χ3v) is 2.34. The first-order valence-corrected chi connectivity index (χ1v) is 4.78. The first-order chi connectivity index (χ1) is 6.56. The van der Waals surface area contributed by atoms with Gasteiger partial charge < -0.3 is 4.84 Å². The zero-order chi connectivity index (χ0) is 10.7. The van der Waals surface area contributed by atoms with Crippen molar-refractivity contribution in [2.24, 2.45) is 5.92 Å². The Morgan fingerprint density at radius 3 is 2.71 bits per heavy atom. The number of carbonyl (C=O) groups is 2. The minimum Gasteiger partial charge on any atom is -0.333 e. The van der Waals surface area contributed by atoms with Gasteiger partial charge in [-0.2, -0.15) is 0 Å². The van der Waals surface area contributed by atoms with E-state index in [-0.39, 0.29) is 17.8 Å². The van der Waals surface area contributed by atoms with Gasteiger partial charge in [0, 0.05) is 6.42 Å². The molecule has 0 aliphatic carbocycles. The van der Waals surface area contributed by atoms with Crippen LogP contribution in [0.25, 0.3) is 0 Å². The molecule has 0 aromatic heterocycles. The molecule has 1 amide bonds. The van der Waals surface area contributed by atoms with Crippen LogP contribution in [0.3, 0.4) is 0 Å². The van der Waals surface area contributed by atoms with Crippen molar-refractivity contribution >= 4 is 11.9 Å². The number of hydroxylamine groups is 2. The van der Waals surface area contributed by atoms with Crippen LogP contribution in [0.4, 0.5) is 0 Å². The Hall–Kier alpha value is -1.32. The summed E-state index contributed by atoms with van der Waals surface area (Å²) in [7, 11) is 0. The van der Waals surface area contributed by atoms with Crippen molar-refractivity contribution in [2.45, 2.75) is 33.1 Å². The first kappa shape index (κ1) is 10.8. The Labute approximate surface area is 83.5 Å². The molecule has 1 fully saturated rings. The molecule has 0 saturated carbocycles. The monoisotopic (exact) mass is 197 g/mol. The van der Waals surface area contributed by atoms with Crippen molar-refractivity contribution in [1.82, 2.24) is 5.06 Å². The molecular formula is C10H15NO3. The van der Waals surface area contributed by atoms with Crippen molar-refractivity contribution < 1.29 is 14.4 Å². The second-order valence-electron chi connectivity index (χ2n) is 3.47. The van der Waals surface area contributed by atoms with Gasteiger partial charge in [0.1, 0.15) is 0 Å². The number of carbonyl (C=O) groups excluding carboxylic acids is 2. The van der Waals surface area contributed by atoms with E-state index in [4.69, 9.17) is 4.84 Å². The van der Waals surface area contributed by atoms with Gasteiger partial charge in [0.05, 0.1) is 11.6 Å². The van der Waals surface area contributed by atoms with Crippen LogP contribution in [0, 0.1) is 5.92 Å². The minimum atomic E-state index is -0.371. The van der Waals surface area contributed by atoms with E-state index in [1.54, 1.807) is 6.92 Å². The van der Waals surface area contributed by atoms with Gasteiger partial charge in [0.25, 0.3) is 5.91 Å². The average molecular weight is 197 g/mol. The molecule has 1 heterocycles. The molecule has 14 heavy (non-hydrogen) atoms. The maximum atomic E-state index is 11.4. The fourth-order valence-corrected chi connectivity index (χ4v) is 1.09. The van der Waals surface area contributed by atoms with Crippen molar-refractivity contribution in [3.8, 4) is 0 Å². The third kappa shape index (κ3) is 2.13. The second-order valence-corrected chi connectivity index (χ2v) is 3.47. The number of hydrogen-bond acceptors (Lipinski definition) is 3. The fraction of sp³-hybridized carbons (Fsp3) is 0.600. The number of allylic oxidation sites excluding steroid dienone is 1. The van der Waals surface area contributed by atoms with Gasteiger partial charge in [-0.25, -0.2) is 4.79 Å². The molecule has 0 spiro atoms. The fourth-order valence-electron chi connectivity index (χ4n) is 1.09. The van der Waals surface area contributed by atoms with Crippen LogP contribution in [0.1, 0.15) is 33.1 Å². The maximum Gasteiger partial charge on any atom is 0.335 e. The Morgan fingerprint density at radius 2 is 2.29 bits per heavy atom. The largest absolute Gasteiger partial charge is 0.335 e. The SMILES string of the molecule is C=C1CCC(=O)N1OC(=O)C(C)CC.